The van der Waals surface area contributed by atoms with Crippen LogP contribution >= 0.6 is 0 Å². The first-order valence-electron chi connectivity index (χ1n) is 11.8. The number of carbonyl (C=O) groups is 4. The first-order valence-corrected chi connectivity index (χ1v) is 8.93. The van der Waals surface area contributed by atoms with Gasteiger partial charge in [-0.3, -0.25) is 19.2 Å². The Balaban J connectivity index is 2.42. The predicted octanol–water partition coefficient (Wildman–Crippen LogP) is 0.751. The summed E-state index contributed by atoms with van der Waals surface area (Å²) >= 11 is 0. The van der Waals surface area contributed by atoms with Crippen LogP contribution in [0.5, 0.6) is 0 Å². The number of nitrogens with zero attached hydrogens (tertiary/aromatic N) is 1. The molecule has 1 aliphatic rings. The molecule has 0 radical (unpaired) electrons. The van der Waals surface area contributed by atoms with E-state index in [0.29, 0.717) is 0 Å². The second-order valence-electron chi connectivity index (χ2n) is 6.28. The van der Waals surface area contributed by atoms with Crippen molar-refractivity contribution in [2.45, 2.75) is 64.9 Å². The van der Waals surface area contributed by atoms with Gasteiger partial charge in [-0.05, 0) is 12.1 Å². The Morgan fingerprint density at radius 3 is 2.19 bits per heavy atom. The largest absolute Gasteiger partial charge is 0.463 e. The third kappa shape index (κ3) is 7.07. The molecule has 5 atom stereocenters. The monoisotopic (exact) mass is 457 g/mol. The summed E-state index contributed by atoms with van der Waals surface area (Å²) in [6.45, 7) is -4.22. The zero-order valence-corrected chi connectivity index (χ0v) is 16.7. The molecule has 0 saturated carbocycles. The number of carbonyl (C=O) groups excluding carboxylic acids is 4. The van der Waals surface area contributed by atoms with Crippen molar-refractivity contribution in [1.82, 2.24) is 0 Å². The highest BCUT2D eigenvalue weighted by Crippen LogP contribution is 2.30. The fourth-order valence-corrected chi connectivity index (χ4v) is 2.86. The molecule has 12 heteroatoms. The summed E-state index contributed by atoms with van der Waals surface area (Å²) in [7, 11) is 0. The lowest BCUT2D eigenvalue weighted by Gasteiger charge is -2.43. The van der Waals surface area contributed by atoms with Crippen molar-refractivity contribution in [3.63, 3.8) is 0 Å². The summed E-state index contributed by atoms with van der Waals surface area (Å²) in [6.07, 6.45) is -7.82. The van der Waals surface area contributed by atoms with Crippen LogP contribution < -0.4 is 0 Å². The summed E-state index contributed by atoms with van der Waals surface area (Å²) in [5, 5.41) is 8.90. The van der Waals surface area contributed by atoms with Crippen LogP contribution in [0, 0.1) is 11.3 Å². The highest BCUT2D eigenvalue weighted by atomic mass is 16.7. The van der Waals surface area contributed by atoms with Gasteiger partial charge in [0.1, 0.15) is 31.1 Å². The zero-order chi connectivity index (χ0) is 26.7. The van der Waals surface area contributed by atoms with E-state index in [-0.39, 0.29) is 18.1 Å². The average molecular weight is 457 g/mol. The number of rotatable bonds is 8. The van der Waals surface area contributed by atoms with E-state index in [1.807, 2.05) is 0 Å². The Labute approximate surface area is 188 Å². The maximum Gasteiger partial charge on any atom is 0.303 e. The van der Waals surface area contributed by atoms with Crippen molar-refractivity contribution < 1.29 is 57.5 Å². The molecule has 0 spiro atoms. The van der Waals surface area contributed by atoms with Crippen LogP contribution in [0.3, 0.4) is 0 Å². The van der Waals surface area contributed by atoms with Gasteiger partial charge in [-0.2, -0.15) is 5.26 Å². The summed E-state index contributed by atoms with van der Waals surface area (Å²) in [5.74, 6) is -4.08. The summed E-state index contributed by atoms with van der Waals surface area (Å²) in [6, 6.07) is 4.58. The smallest absolute Gasteiger partial charge is 0.303 e. The molecule has 174 valence electrons. The van der Waals surface area contributed by atoms with Crippen LogP contribution in [0.1, 0.15) is 44.6 Å². The van der Waals surface area contributed by atoms with Gasteiger partial charge in [0, 0.05) is 33.1 Å². The molecular weight excluding hydrogens is 430 g/mol. The lowest BCUT2D eigenvalue weighted by Crippen LogP contribution is -2.62. The van der Waals surface area contributed by atoms with Crippen LogP contribution in [-0.2, 0) is 54.2 Å². The third-order valence-corrected chi connectivity index (χ3v) is 3.96. The van der Waals surface area contributed by atoms with Crippen LogP contribution in [0.2, 0.25) is 0 Å². The molecule has 32 heavy (non-hydrogen) atoms. The molecule has 1 aromatic rings. The van der Waals surface area contributed by atoms with Gasteiger partial charge in [0.25, 0.3) is 0 Å². The van der Waals surface area contributed by atoms with Crippen LogP contribution in [0.4, 0.5) is 0 Å². The summed E-state index contributed by atoms with van der Waals surface area (Å²) in [4.78, 5) is 47.5. The second kappa shape index (κ2) is 11.3. The normalized spacial score (nSPS) is 26.3. The Morgan fingerprint density at radius 2 is 1.59 bits per heavy atom. The average Bonchev–Trinajstić information content (AvgIpc) is 3.36. The Hall–Kier alpha value is -3.43. The zero-order valence-electron chi connectivity index (χ0n) is 20.7. The molecule has 0 bridgehead atoms. The standard InChI is InChI=1S/C20H23NO11/c1-10(22)26-9-16-17(28-11(2)23)18(29-12(3)24)19(30-13(4)25)20(32-16)27-8-15-6-5-14(7-21)31-15/h5-6,16-20H,8-9H2,1-4H3/t16-,17-,18+,19-,20?/m1/s1/i1D,2D,3D,4D. The highest BCUT2D eigenvalue weighted by molar-refractivity contribution is 5.68. The minimum absolute atomic E-state index is 0.0137. The van der Waals surface area contributed by atoms with E-state index < -0.39 is 88.8 Å². The Kier molecular flexibility index (Phi) is 6.78. The van der Waals surface area contributed by atoms with E-state index in [0.717, 1.165) is 0 Å². The van der Waals surface area contributed by atoms with E-state index in [9.17, 15) is 19.2 Å². The highest BCUT2D eigenvalue weighted by Gasteiger charge is 2.52. The fraction of sp³-hybridized carbons (Fsp3) is 0.550. The van der Waals surface area contributed by atoms with E-state index in [1.165, 1.54) is 12.1 Å². The summed E-state index contributed by atoms with van der Waals surface area (Å²) < 4.78 is 65.8. The number of hydrogen-bond donors (Lipinski definition) is 0. The lowest BCUT2D eigenvalue weighted by molar-refractivity contribution is -0.311. The molecule has 1 unspecified atom stereocenters. The molecule has 0 N–H and O–H groups in total. The number of ether oxygens (including phenoxy) is 6. The van der Waals surface area contributed by atoms with Gasteiger partial charge in [-0.25, -0.2) is 0 Å². The van der Waals surface area contributed by atoms with Gasteiger partial charge < -0.3 is 32.8 Å². The van der Waals surface area contributed by atoms with Gasteiger partial charge in [0.05, 0.1) is 0 Å². The fourth-order valence-electron chi connectivity index (χ4n) is 2.86. The van der Waals surface area contributed by atoms with Gasteiger partial charge >= 0.3 is 23.9 Å². The Morgan fingerprint density at radius 1 is 0.969 bits per heavy atom. The molecule has 0 amide bonds. The van der Waals surface area contributed by atoms with E-state index in [2.05, 4.69) is 0 Å². The maximum atomic E-state index is 12.0. The molecule has 12 nitrogen and oxygen atoms in total. The Bertz CT molecular complexity index is 966. The third-order valence-electron chi connectivity index (χ3n) is 3.96. The first-order chi connectivity index (χ1) is 17.3. The molecule has 1 saturated heterocycles. The number of nitriles is 1. The number of furan rings is 1. The van der Waals surface area contributed by atoms with E-state index in [4.69, 9.17) is 43.6 Å². The number of esters is 4. The van der Waals surface area contributed by atoms with Crippen molar-refractivity contribution in [2.24, 2.45) is 0 Å². The minimum Gasteiger partial charge on any atom is -0.463 e. The second-order valence-corrected chi connectivity index (χ2v) is 6.28. The topological polar surface area (TPSA) is 161 Å². The van der Waals surface area contributed by atoms with Crippen LogP contribution in [-0.4, -0.2) is 61.2 Å². The predicted molar refractivity (Wildman–Crippen MR) is 100 cm³/mol. The van der Waals surface area contributed by atoms with Crippen molar-refractivity contribution in [2.75, 3.05) is 6.61 Å². The summed E-state index contributed by atoms with van der Waals surface area (Å²) in [5.41, 5.74) is 0. The molecule has 0 aliphatic carbocycles. The lowest BCUT2D eigenvalue weighted by atomic mass is 9.98. The van der Waals surface area contributed by atoms with Gasteiger partial charge in [0.2, 0.25) is 5.76 Å². The van der Waals surface area contributed by atoms with Crippen molar-refractivity contribution in [3.8, 4) is 6.07 Å². The van der Waals surface area contributed by atoms with Crippen molar-refractivity contribution >= 4 is 23.9 Å². The van der Waals surface area contributed by atoms with E-state index >= 15 is 0 Å². The number of hydrogen-bond acceptors (Lipinski definition) is 12. The molecule has 1 fully saturated rings. The van der Waals surface area contributed by atoms with Crippen molar-refractivity contribution in [1.29, 1.82) is 5.26 Å². The van der Waals surface area contributed by atoms with Gasteiger partial charge in [-0.1, -0.05) is 0 Å². The van der Waals surface area contributed by atoms with Crippen LogP contribution in [0.15, 0.2) is 16.5 Å². The quantitative estimate of drug-likeness (QED) is 0.398. The van der Waals surface area contributed by atoms with Crippen molar-refractivity contribution in [3.05, 3.63) is 23.7 Å². The molecular formula is C20H23NO11. The first kappa shape index (κ1) is 19.3. The van der Waals surface area contributed by atoms with E-state index in [1.54, 1.807) is 6.07 Å². The SMILES string of the molecule is [2H]CC(=O)OC[C@H]1OC(OCc2ccc(C#N)o2)[C@H](OC(=O)C[2H])[C@@H](OC(=O)C[2H])[C@@H]1OC(=O)C[2H]. The maximum absolute atomic E-state index is 12.0. The molecule has 1 aromatic heterocycles. The van der Waals surface area contributed by atoms with Gasteiger partial charge in [-0.15, -0.1) is 0 Å². The molecule has 1 aliphatic heterocycles. The van der Waals surface area contributed by atoms with Crippen LogP contribution in [0.25, 0.3) is 0 Å². The molecule has 2 rings (SSSR count). The molecule has 0 aromatic carbocycles. The molecule has 2 heterocycles. The minimum atomic E-state index is -1.65. The van der Waals surface area contributed by atoms with Gasteiger partial charge in [0.15, 0.2) is 24.6 Å².